The normalized spacial score (nSPS) is 11.0. The third kappa shape index (κ3) is 5.07. The highest BCUT2D eigenvalue weighted by molar-refractivity contribution is 7.98. The summed E-state index contributed by atoms with van der Waals surface area (Å²) >= 11 is 1.54. The van der Waals surface area contributed by atoms with Gasteiger partial charge in [-0.05, 0) is 57.5 Å². The summed E-state index contributed by atoms with van der Waals surface area (Å²) in [6, 6.07) is 10.9. The topological polar surface area (TPSA) is 115 Å². The average Bonchev–Trinajstić information content (AvgIpc) is 3.07. The molecule has 174 valence electrons. The second kappa shape index (κ2) is 9.60. The maximum atomic E-state index is 12.7. The summed E-state index contributed by atoms with van der Waals surface area (Å²) < 4.78 is 1.68. The Morgan fingerprint density at radius 1 is 0.882 bits per heavy atom. The van der Waals surface area contributed by atoms with Gasteiger partial charge in [0, 0.05) is 35.1 Å². The number of hydrogen-bond acceptors (Lipinski definition) is 7. The molecule has 0 saturated carbocycles. The lowest BCUT2D eigenvalue weighted by molar-refractivity contribution is 0.0846. The molecular formula is C24H25N7O2S. The van der Waals surface area contributed by atoms with E-state index in [1.54, 1.807) is 41.6 Å². The van der Waals surface area contributed by atoms with E-state index in [-0.39, 0.29) is 0 Å². The van der Waals surface area contributed by atoms with Gasteiger partial charge in [0.1, 0.15) is 0 Å². The fourth-order valence-electron chi connectivity index (χ4n) is 3.57. The molecule has 1 aromatic carbocycles. The lowest BCUT2D eigenvalue weighted by atomic mass is 10.1. The van der Waals surface area contributed by atoms with Gasteiger partial charge in [-0.3, -0.25) is 25.1 Å². The Labute approximate surface area is 201 Å². The second-order valence-electron chi connectivity index (χ2n) is 8.03. The fraction of sp³-hybridized carbons (Fsp3) is 0.250. The molecular weight excluding hydrogens is 450 g/mol. The van der Waals surface area contributed by atoms with E-state index < -0.39 is 11.8 Å². The molecule has 0 fully saturated rings. The quantitative estimate of drug-likeness (QED) is 0.258. The van der Waals surface area contributed by atoms with E-state index in [0.717, 1.165) is 33.2 Å². The zero-order chi connectivity index (χ0) is 24.4. The van der Waals surface area contributed by atoms with Crippen molar-refractivity contribution in [3.05, 3.63) is 75.9 Å². The van der Waals surface area contributed by atoms with Crippen LogP contribution in [0.2, 0.25) is 0 Å². The zero-order valence-corrected chi connectivity index (χ0v) is 20.4. The molecule has 3 aromatic heterocycles. The van der Waals surface area contributed by atoms with Crippen LogP contribution < -0.4 is 10.9 Å². The number of nitrogens with zero attached hydrogens (tertiary/aromatic N) is 5. The minimum atomic E-state index is -0.440. The molecule has 2 N–H and O–H groups in total. The monoisotopic (exact) mass is 475 g/mol. The van der Waals surface area contributed by atoms with Crippen LogP contribution in [0.4, 0.5) is 0 Å². The Kier molecular flexibility index (Phi) is 6.60. The van der Waals surface area contributed by atoms with Gasteiger partial charge in [0.25, 0.3) is 11.8 Å². The SMILES string of the molecule is Cc1cc(C)nc(SCc2ccc(C(=O)NNC(=O)c3cc4c(C)nn(C)c4nc3C)cc2)n1. The highest BCUT2D eigenvalue weighted by atomic mass is 32.2. The number of carbonyl (C=O) groups excluding carboxylic acids is 2. The standard InChI is InChI=1S/C24H25N7O2S/c1-13-10-14(2)26-24(25-13)34-12-17-6-8-18(9-7-17)22(32)28-29-23(33)20-11-19-16(4)30-31(5)21(19)27-15(20)3/h6-11H,12H2,1-5H3,(H,28,32)(H,29,33). The van der Waals surface area contributed by atoms with Crippen LogP contribution in [0.25, 0.3) is 11.0 Å². The third-order valence-electron chi connectivity index (χ3n) is 5.27. The van der Waals surface area contributed by atoms with Gasteiger partial charge < -0.3 is 0 Å². The minimum Gasteiger partial charge on any atom is -0.267 e. The number of hydrogen-bond donors (Lipinski definition) is 2. The van der Waals surface area contributed by atoms with Crippen molar-refractivity contribution in [3.63, 3.8) is 0 Å². The molecule has 4 aromatic rings. The molecule has 4 rings (SSSR count). The number of thioether (sulfide) groups is 1. The molecule has 0 radical (unpaired) electrons. The van der Waals surface area contributed by atoms with E-state index in [0.29, 0.717) is 28.2 Å². The van der Waals surface area contributed by atoms with Gasteiger partial charge in [-0.25, -0.2) is 15.0 Å². The van der Waals surface area contributed by atoms with Crippen LogP contribution in [0, 0.1) is 27.7 Å². The van der Waals surface area contributed by atoms with Gasteiger partial charge in [0.2, 0.25) is 0 Å². The van der Waals surface area contributed by atoms with E-state index >= 15 is 0 Å². The van der Waals surface area contributed by atoms with Gasteiger partial charge >= 0.3 is 0 Å². The first kappa shape index (κ1) is 23.4. The number of pyridine rings is 1. The van der Waals surface area contributed by atoms with E-state index in [2.05, 4.69) is 30.9 Å². The van der Waals surface area contributed by atoms with Crippen LogP contribution in [0.15, 0.2) is 41.6 Å². The number of aromatic nitrogens is 5. The summed E-state index contributed by atoms with van der Waals surface area (Å²) in [6.07, 6.45) is 0. The van der Waals surface area contributed by atoms with E-state index in [1.165, 1.54) is 0 Å². The molecule has 0 atom stereocenters. The predicted molar refractivity (Wildman–Crippen MR) is 130 cm³/mol. The minimum absolute atomic E-state index is 0.380. The zero-order valence-electron chi connectivity index (χ0n) is 19.6. The molecule has 10 heteroatoms. The van der Waals surface area contributed by atoms with E-state index in [4.69, 9.17) is 0 Å². The Morgan fingerprint density at radius 3 is 2.21 bits per heavy atom. The van der Waals surface area contributed by atoms with Crippen molar-refractivity contribution in [1.82, 2.24) is 35.6 Å². The van der Waals surface area contributed by atoms with Crippen molar-refractivity contribution in [2.24, 2.45) is 7.05 Å². The van der Waals surface area contributed by atoms with Crippen molar-refractivity contribution in [3.8, 4) is 0 Å². The summed E-state index contributed by atoms with van der Waals surface area (Å²) in [5.74, 6) is -0.163. The molecule has 0 aliphatic heterocycles. The number of carbonyl (C=O) groups is 2. The van der Waals surface area contributed by atoms with Crippen LogP contribution in [0.5, 0.6) is 0 Å². The van der Waals surface area contributed by atoms with Gasteiger partial charge in [0.05, 0.1) is 17.0 Å². The Balaban J connectivity index is 1.36. The smallest absolute Gasteiger partial charge is 0.267 e. The third-order valence-corrected chi connectivity index (χ3v) is 6.19. The molecule has 0 saturated heterocycles. The molecule has 34 heavy (non-hydrogen) atoms. The number of aryl methyl sites for hydroxylation is 5. The summed E-state index contributed by atoms with van der Waals surface area (Å²) in [6.45, 7) is 7.50. The maximum absolute atomic E-state index is 12.7. The number of rotatable bonds is 5. The van der Waals surface area contributed by atoms with Gasteiger partial charge in [-0.15, -0.1) is 0 Å². The number of amides is 2. The molecule has 0 aliphatic carbocycles. The number of fused-ring (bicyclic) bond motifs is 1. The molecule has 0 spiro atoms. The number of nitrogens with one attached hydrogen (secondary N) is 2. The number of benzene rings is 1. The van der Waals surface area contributed by atoms with Gasteiger partial charge in [-0.1, -0.05) is 23.9 Å². The molecule has 0 aliphatic rings. The molecule has 9 nitrogen and oxygen atoms in total. The Morgan fingerprint density at radius 2 is 1.53 bits per heavy atom. The van der Waals surface area contributed by atoms with Gasteiger partial charge in [0.15, 0.2) is 10.8 Å². The van der Waals surface area contributed by atoms with E-state index in [9.17, 15) is 9.59 Å². The highest BCUT2D eigenvalue weighted by Gasteiger charge is 2.16. The summed E-state index contributed by atoms with van der Waals surface area (Å²) in [4.78, 5) is 38.5. The van der Waals surface area contributed by atoms with Crippen molar-refractivity contribution in [1.29, 1.82) is 0 Å². The number of hydrazine groups is 1. The Bertz CT molecular complexity index is 1380. The summed E-state index contributed by atoms with van der Waals surface area (Å²) in [7, 11) is 1.81. The lowest BCUT2D eigenvalue weighted by Crippen LogP contribution is -2.42. The first-order valence-corrected chi connectivity index (χ1v) is 11.7. The average molecular weight is 476 g/mol. The molecule has 0 unspecified atom stereocenters. The van der Waals surface area contributed by atoms with E-state index in [1.807, 2.05) is 46.0 Å². The molecule has 0 bridgehead atoms. The Hall–Kier alpha value is -3.79. The fourth-order valence-corrected chi connectivity index (χ4v) is 4.48. The summed E-state index contributed by atoms with van der Waals surface area (Å²) in [5, 5.41) is 5.86. The largest absolute Gasteiger partial charge is 0.271 e. The molecule has 2 amide bonds. The predicted octanol–water partition coefficient (Wildman–Crippen LogP) is 3.36. The lowest BCUT2D eigenvalue weighted by Gasteiger charge is -2.10. The first-order chi connectivity index (χ1) is 16.2. The van der Waals surface area contributed by atoms with Crippen LogP contribution in [0.1, 0.15) is 49.1 Å². The van der Waals surface area contributed by atoms with Crippen LogP contribution in [0.3, 0.4) is 0 Å². The highest BCUT2D eigenvalue weighted by Crippen LogP contribution is 2.21. The van der Waals surface area contributed by atoms with Crippen LogP contribution in [-0.4, -0.2) is 36.5 Å². The van der Waals surface area contributed by atoms with Crippen molar-refractivity contribution >= 4 is 34.6 Å². The summed E-state index contributed by atoms with van der Waals surface area (Å²) in [5.41, 5.74) is 10.7. The van der Waals surface area contributed by atoms with Crippen LogP contribution in [-0.2, 0) is 12.8 Å². The first-order valence-electron chi connectivity index (χ1n) is 10.7. The van der Waals surface area contributed by atoms with Crippen LogP contribution >= 0.6 is 11.8 Å². The van der Waals surface area contributed by atoms with Gasteiger partial charge in [-0.2, -0.15) is 5.10 Å². The maximum Gasteiger partial charge on any atom is 0.271 e. The van der Waals surface area contributed by atoms with Crippen molar-refractivity contribution < 1.29 is 9.59 Å². The van der Waals surface area contributed by atoms with Crippen molar-refractivity contribution in [2.45, 2.75) is 38.6 Å². The molecule has 3 heterocycles. The second-order valence-corrected chi connectivity index (χ2v) is 8.97. The van der Waals surface area contributed by atoms with Crippen molar-refractivity contribution in [2.75, 3.05) is 0 Å².